The number of rotatable bonds is 5. The SMILES string of the molecule is CC1=CCC(C2(C3=CCC(C)C=C3)C3=C(CCC(C4=CC=C5C6=C(C=CCC6)C(C6=CCC(C)C=C6)(C6C=CC(C)=CC6)C5C4)=C3)C3=CC=CCC32)C=C1. The first-order valence-electron chi connectivity index (χ1n) is 21.5. The van der Waals surface area contributed by atoms with Gasteiger partial charge in [-0.2, -0.15) is 0 Å². The molecule has 0 nitrogen and oxygen atoms in total. The van der Waals surface area contributed by atoms with Crippen molar-refractivity contribution in [1.29, 1.82) is 0 Å². The van der Waals surface area contributed by atoms with Gasteiger partial charge in [0.2, 0.25) is 0 Å². The standard InChI is InChI=1S/C54H58/c1-35-13-23-41(24-14-35)53(42-25-15-36(2)16-26-42)49-11-7-5-9-45(49)47-31-21-39(33-51(47)53)40-22-32-48-46-10-6-8-12-50(46)54(52(48)34-40,43-27-17-37(3)18-28-43)44-29-19-38(4)20-30-44/h5,7-9,12-15,17-19,22-23,25-27,29-30,32-33,36,38,41,43,49,52H,6,10-11,16,20-21,24,28,31,34H2,1-4H3. The normalized spacial score (nSPS) is 37.7. The highest BCUT2D eigenvalue weighted by Gasteiger charge is 2.58. The Labute approximate surface area is 325 Å². The lowest BCUT2D eigenvalue weighted by atomic mass is 9.55. The third-order valence-electron chi connectivity index (χ3n) is 15.3. The van der Waals surface area contributed by atoms with Crippen LogP contribution in [-0.4, -0.2) is 0 Å². The Morgan fingerprint density at radius 2 is 1.19 bits per heavy atom. The summed E-state index contributed by atoms with van der Waals surface area (Å²) in [5, 5.41) is 0. The molecule has 0 aromatic heterocycles. The average molecular weight is 707 g/mol. The van der Waals surface area contributed by atoms with Crippen LogP contribution < -0.4 is 0 Å². The molecule has 0 heteroatoms. The molecule has 8 unspecified atom stereocenters. The molecule has 8 atom stereocenters. The van der Waals surface area contributed by atoms with E-state index in [1.807, 2.05) is 0 Å². The van der Waals surface area contributed by atoms with Gasteiger partial charge >= 0.3 is 0 Å². The van der Waals surface area contributed by atoms with Gasteiger partial charge in [0.25, 0.3) is 0 Å². The van der Waals surface area contributed by atoms with Gasteiger partial charge in [-0.15, -0.1) is 0 Å². The Morgan fingerprint density at radius 1 is 0.537 bits per heavy atom. The number of allylic oxidation sites excluding steroid dienone is 32. The van der Waals surface area contributed by atoms with E-state index >= 15 is 0 Å². The van der Waals surface area contributed by atoms with Crippen LogP contribution in [0, 0.1) is 46.3 Å². The summed E-state index contributed by atoms with van der Waals surface area (Å²) in [7, 11) is 0. The maximum Gasteiger partial charge on any atom is 0.0339 e. The predicted octanol–water partition coefficient (Wildman–Crippen LogP) is 14.1. The Morgan fingerprint density at radius 3 is 1.81 bits per heavy atom. The van der Waals surface area contributed by atoms with Crippen molar-refractivity contribution in [3.63, 3.8) is 0 Å². The Balaban J connectivity index is 1.11. The molecule has 0 aliphatic heterocycles. The number of hydrogen-bond acceptors (Lipinski definition) is 0. The van der Waals surface area contributed by atoms with E-state index < -0.39 is 0 Å². The van der Waals surface area contributed by atoms with Gasteiger partial charge in [0, 0.05) is 22.7 Å². The largest absolute Gasteiger partial charge is 0.0839 e. The summed E-state index contributed by atoms with van der Waals surface area (Å²) in [6, 6.07) is 0. The fourth-order valence-electron chi connectivity index (χ4n) is 12.7. The zero-order valence-corrected chi connectivity index (χ0v) is 33.1. The topological polar surface area (TPSA) is 0 Å². The van der Waals surface area contributed by atoms with Crippen LogP contribution in [0.5, 0.6) is 0 Å². The number of fused-ring (bicyclic) bond motifs is 4. The summed E-state index contributed by atoms with van der Waals surface area (Å²) >= 11 is 0. The molecule has 0 bridgehead atoms. The van der Waals surface area contributed by atoms with Crippen molar-refractivity contribution in [3.8, 4) is 0 Å². The molecule has 10 rings (SSSR count). The predicted molar refractivity (Wildman–Crippen MR) is 228 cm³/mol. The second-order valence-corrected chi connectivity index (χ2v) is 18.3. The van der Waals surface area contributed by atoms with Gasteiger partial charge in [0.15, 0.2) is 0 Å². The molecule has 274 valence electrons. The third-order valence-corrected chi connectivity index (χ3v) is 15.3. The molecule has 0 amide bonds. The molecule has 10 aliphatic carbocycles. The average Bonchev–Trinajstić information content (AvgIpc) is 3.67. The lowest BCUT2D eigenvalue weighted by Crippen LogP contribution is -2.40. The van der Waals surface area contributed by atoms with Gasteiger partial charge in [0.1, 0.15) is 0 Å². The van der Waals surface area contributed by atoms with Gasteiger partial charge in [-0.05, 0) is 157 Å². The van der Waals surface area contributed by atoms with E-state index in [1.165, 1.54) is 17.6 Å². The molecule has 0 spiro atoms. The van der Waals surface area contributed by atoms with Crippen molar-refractivity contribution in [2.75, 3.05) is 0 Å². The van der Waals surface area contributed by atoms with Crippen LogP contribution in [0.15, 0.2) is 188 Å². The lowest BCUT2D eigenvalue weighted by Gasteiger charge is -2.47. The minimum absolute atomic E-state index is 0.0321. The fourth-order valence-corrected chi connectivity index (χ4v) is 12.7. The van der Waals surface area contributed by atoms with E-state index in [-0.39, 0.29) is 10.8 Å². The quantitative estimate of drug-likeness (QED) is 0.267. The Bertz CT molecular complexity index is 2190. The van der Waals surface area contributed by atoms with Crippen LogP contribution in [-0.2, 0) is 0 Å². The van der Waals surface area contributed by atoms with E-state index in [4.69, 9.17) is 0 Å². The zero-order valence-electron chi connectivity index (χ0n) is 33.1. The van der Waals surface area contributed by atoms with Crippen molar-refractivity contribution in [1.82, 2.24) is 0 Å². The van der Waals surface area contributed by atoms with Crippen molar-refractivity contribution in [2.45, 2.75) is 91.9 Å². The molecule has 54 heavy (non-hydrogen) atoms. The van der Waals surface area contributed by atoms with Crippen LogP contribution in [0.4, 0.5) is 0 Å². The van der Waals surface area contributed by atoms with Gasteiger partial charge in [0.05, 0.1) is 0 Å². The first-order chi connectivity index (χ1) is 26.4. The van der Waals surface area contributed by atoms with Gasteiger partial charge in [-0.25, -0.2) is 0 Å². The minimum Gasteiger partial charge on any atom is -0.0839 e. The van der Waals surface area contributed by atoms with E-state index in [0.717, 1.165) is 57.8 Å². The molecule has 10 aliphatic rings. The number of hydrogen-bond donors (Lipinski definition) is 0. The van der Waals surface area contributed by atoms with Gasteiger partial charge < -0.3 is 0 Å². The first-order valence-corrected chi connectivity index (χ1v) is 21.5. The van der Waals surface area contributed by atoms with Crippen molar-refractivity contribution in [3.05, 3.63) is 188 Å². The molecule has 0 saturated heterocycles. The maximum absolute atomic E-state index is 2.77. The Kier molecular flexibility index (Phi) is 8.43. The molecule has 0 fully saturated rings. The summed E-state index contributed by atoms with van der Waals surface area (Å²) < 4.78 is 0. The molecule has 0 radical (unpaired) electrons. The molecule has 0 aromatic rings. The van der Waals surface area contributed by atoms with Crippen LogP contribution in [0.2, 0.25) is 0 Å². The van der Waals surface area contributed by atoms with Crippen LogP contribution in [0.25, 0.3) is 0 Å². The van der Waals surface area contributed by atoms with Crippen LogP contribution in [0.1, 0.15) is 91.9 Å². The second-order valence-electron chi connectivity index (χ2n) is 18.3. The highest BCUT2D eigenvalue weighted by Crippen LogP contribution is 2.68. The maximum atomic E-state index is 2.77. The van der Waals surface area contributed by atoms with Crippen LogP contribution in [0.3, 0.4) is 0 Å². The summed E-state index contributed by atoms with van der Waals surface area (Å²) in [5.74, 6) is 3.06. The smallest absolute Gasteiger partial charge is 0.0339 e. The van der Waals surface area contributed by atoms with Crippen molar-refractivity contribution >= 4 is 0 Å². The highest BCUT2D eigenvalue weighted by atomic mass is 14.6. The molecular formula is C54H58. The van der Waals surface area contributed by atoms with Crippen molar-refractivity contribution in [2.24, 2.45) is 46.3 Å². The van der Waals surface area contributed by atoms with E-state index in [9.17, 15) is 0 Å². The second kappa shape index (κ2) is 13.3. The van der Waals surface area contributed by atoms with E-state index in [1.54, 1.807) is 55.7 Å². The van der Waals surface area contributed by atoms with Gasteiger partial charge in [-0.3, -0.25) is 0 Å². The van der Waals surface area contributed by atoms with Gasteiger partial charge in [-0.1, -0.05) is 147 Å². The molecule has 0 saturated carbocycles. The molecular weight excluding hydrogens is 649 g/mol. The molecule has 0 heterocycles. The highest BCUT2D eigenvalue weighted by molar-refractivity contribution is 5.68. The summed E-state index contributed by atoms with van der Waals surface area (Å²) in [6.45, 7) is 9.30. The molecule has 0 aromatic carbocycles. The summed E-state index contributed by atoms with van der Waals surface area (Å²) in [4.78, 5) is 0. The Hall–Kier alpha value is -4.16. The summed E-state index contributed by atoms with van der Waals surface area (Å²) in [5.41, 5.74) is 19.0. The zero-order chi connectivity index (χ0) is 36.6. The van der Waals surface area contributed by atoms with Crippen molar-refractivity contribution < 1.29 is 0 Å². The first kappa shape index (κ1) is 34.3. The third kappa shape index (κ3) is 5.07. The lowest BCUT2D eigenvalue weighted by molar-refractivity contribution is 0.240. The minimum atomic E-state index is -0.0355. The van der Waals surface area contributed by atoms with E-state index in [2.05, 4.69) is 149 Å². The van der Waals surface area contributed by atoms with E-state index in [0.29, 0.717) is 35.5 Å². The monoisotopic (exact) mass is 706 g/mol. The fraction of sp³-hybridized carbons (Fsp3) is 0.407. The summed E-state index contributed by atoms with van der Waals surface area (Å²) in [6.07, 6.45) is 62.2. The van der Waals surface area contributed by atoms with Crippen LogP contribution >= 0.6 is 0 Å². The molecule has 0 N–H and O–H groups in total.